The minimum Gasteiger partial charge on any atom is -0.483 e. The molecule has 0 radical (unpaired) electrons. The van der Waals surface area contributed by atoms with Gasteiger partial charge in [-0.1, -0.05) is 6.58 Å². The lowest BCUT2D eigenvalue weighted by atomic mass is 9.87. The highest BCUT2D eigenvalue weighted by atomic mass is 19.1. The summed E-state index contributed by atoms with van der Waals surface area (Å²) in [6.45, 7) is 10.2. The number of hydrogen-bond donors (Lipinski definition) is 1. The van der Waals surface area contributed by atoms with Gasteiger partial charge in [0.15, 0.2) is 11.6 Å². The Bertz CT molecular complexity index is 1150. The molecule has 8 nitrogen and oxygen atoms in total. The largest absolute Gasteiger partial charge is 0.483 e. The molecule has 3 saturated heterocycles. The summed E-state index contributed by atoms with van der Waals surface area (Å²) in [5.74, 6) is 0.917. The Balaban J connectivity index is 1.16. The third-order valence-corrected chi connectivity index (χ3v) is 7.93. The number of morpholine rings is 1. The first kappa shape index (κ1) is 23.2. The SMILES string of the molecule is C=CC(=O)N1CC(N2CCC(c3cc(F)c4c(c3)Nc3nccc(N5CCOCC5)c3CO4)CC2)C1. The molecule has 4 aliphatic heterocycles. The van der Waals surface area contributed by atoms with Gasteiger partial charge in [0, 0.05) is 44.1 Å². The van der Waals surface area contributed by atoms with Crippen molar-refractivity contribution < 1.29 is 18.7 Å². The van der Waals surface area contributed by atoms with E-state index in [1.165, 1.54) is 6.08 Å². The molecule has 6 rings (SSSR count). The standard InChI is InChI=1S/C27H32FN5O3/c1-2-25(34)33-15-20(16-33)31-7-4-18(5-8-31)19-13-22(28)26-23(14-19)30-27-21(17-36-26)24(3-6-29-27)32-9-11-35-12-10-32/h2-3,6,13-14,18,20H,1,4-5,7-12,15-17H2,(H,29,30). The van der Waals surface area contributed by atoms with E-state index >= 15 is 4.39 Å². The van der Waals surface area contributed by atoms with E-state index in [9.17, 15) is 4.79 Å². The summed E-state index contributed by atoms with van der Waals surface area (Å²) >= 11 is 0. The number of ether oxygens (including phenoxy) is 2. The van der Waals surface area contributed by atoms with Gasteiger partial charge in [-0.05, 0) is 61.7 Å². The number of rotatable bonds is 4. The first-order valence-corrected chi connectivity index (χ1v) is 12.8. The monoisotopic (exact) mass is 493 g/mol. The van der Waals surface area contributed by atoms with Crippen LogP contribution < -0.4 is 15.0 Å². The number of benzene rings is 1. The van der Waals surface area contributed by atoms with Crippen LogP contribution in [-0.2, 0) is 16.1 Å². The van der Waals surface area contributed by atoms with Gasteiger partial charge in [-0.3, -0.25) is 9.69 Å². The maximum absolute atomic E-state index is 15.3. The smallest absolute Gasteiger partial charge is 0.246 e. The molecule has 1 aromatic heterocycles. The number of anilines is 3. The van der Waals surface area contributed by atoms with Crippen LogP contribution in [0.15, 0.2) is 37.1 Å². The fourth-order valence-corrected chi connectivity index (χ4v) is 5.79. The predicted octanol–water partition coefficient (Wildman–Crippen LogP) is 3.27. The Hall–Kier alpha value is -3.17. The molecule has 190 valence electrons. The summed E-state index contributed by atoms with van der Waals surface area (Å²) in [6.07, 6.45) is 5.09. The Morgan fingerprint density at radius 1 is 1.17 bits per heavy atom. The summed E-state index contributed by atoms with van der Waals surface area (Å²) < 4.78 is 26.8. The molecule has 2 aromatic rings. The Morgan fingerprint density at radius 3 is 2.69 bits per heavy atom. The summed E-state index contributed by atoms with van der Waals surface area (Å²) in [6, 6.07) is 6.08. The number of carbonyl (C=O) groups is 1. The Kier molecular flexibility index (Phi) is 6.27. The number of amides is 1. The molecule has 1 aromatic carbocycles. The van der Waals surface area contributed by atoms with Crippen LogP contribution in [0.1, 0.15) is 29.9 Å². The molecule has 1 amide bonds. The lowest BCUT2D eigenvalue weighted by Crippen LogP contribution is -2.61. The zero-order valence-electron chi connectivity index (χ0n) is 20.4. The maximum atomic E-state index is 15.3. The minimum absolute atomic E-state index is 0.00411. The number of piperidine rings is 1. The van der Waals surface area contributed by atoms with Crippen molar-refractivity contribution >= 4 is 23.1 Å². The molecule has 4 aliphatic rings. The van der Waals surface area contributed by atoms with Crippen LogP contribution in [0.25, 0.3) is 0 Å². The first-order chi connectivity index (χ1) is 17.6. The fraction of sp³-hybridized carbons (Fsp3) is 0.481. The average molecular weight is 494 g/mol. The van der Waals surface area contributed by atoms with Crippen molar-refractivity contribution in [3.63, 3.8) is 0 Å². The number of likely N-dealkylation sites (tertiary alicyclic amines) is 2. The van der Waals surface area contributed by atoms with Gasteiger partial charge in [-0.25, -0.2) is 9.37 Å². The first-order valence-electron chi connectivity index (χ1n) is 12.8. The van der Waals surface area contributed by atoms with Gasteiger partial charge in [0.2, 0.25) is 5.91 Å². The van der Waals surface area contributed by atoms with E-state index in [4.69, 9.17) is 9.47 Å². The van der Waals surface area contributed by atoms with Gasteiger partial charge in [0.05, 0.1) is 24.5 Å². The predicted molar refractivity (Wildman–Crippen MR) is 135 cm³/mol. The molecule has 1 N–H and O–H groups in total. The Morgan fingerprint density at radius 2 is 1.94 bits per heavy atom. The lowest BCUT2D eigenvalue weighted by molar-refractivity contribution is -0.133. The molecule has 3 fully saturated rings. The molecular weight excluding hydrogens is 461 g/mol. The number of hydrogen-bond acceptors (Lipinski definition) is 7. The van der Waals surface area contributed by atoms with E-state index in [0.29, 0.717) is 30.8 Å². The van der Waals surface area contributed by atoms with E-state index in [0.717, 1.165) is 68.9 Å². The van der Waals surface area contributed by atoms with Crippen LogP contribution in [0.5, 0.6) is 5.75 Å². The Labute approximate surface area is 210 Å². The normalized spacial score (nSPS) is 20.9. The highest BCUT2D eigenvalue weighted by Gasteiger charge is 2.36. The molecule has 0 aliphatic carbocycles. The molecule has 0 spiro atoms. The van der Waals surface area contributed by atoms with Gasteiger partial charge in [-0.15, -0.1) is 0 Å². The zero-order valence-corrected chi connectivity index (χ0v) is 20.4. The van der Waals surface area contributed by atoms with E-state index < -0.39 is 0 Å². The number of halogens is 1. The van der Waals surface area contributed by atoms with Crippen LogP contribution >= 0.6 is 0 Å². The van der Waals surface area contributed by atoms with Crippen molar-refractivity contribution in [3.05, 3.63) is 54.0 Å². The highest BCUT2D eigenvalue weighted by Crippen LogP contribution is 2.41. The van der Waals surface area contributed by atoms with Crippen LogP contribution in [0.4, 0.5) is 21.6 Å². The van der Waals surface area contributed by atoms with E-state index in [2.05, 4.69) is 26.7 Å². The minimum atomic E-state index is -0.337. The van der Waals surface area contributed by atoms with Crippen molar-refractivity contribution in [3.8, 4) is 5.75 Å². The van der Waals surface area contributed by atoms with Crippen molar-refractivity contribution in [1.82, 2.24) is 14.8 Å². The van der Waals surface area contributed by atoms with Gasteiger partial charge in [0.25, 0.3) is 0 Å². The molecule has 0 bridgehead atoms. The summed E-state index contributed by atoms with van der Waals surface area (Å²) in [4.78, 5) is 22.9. The van der Waals surface area contributed by atoms with Crippen molar-refractivity contribution in [1.29, 1.82) is 0 Å². The van der Waals surface area contributed by atoms with Crippen molar-refractivity contribution in [2.75, 3.05) is 62.7 Å². The molecular formula is C27H32FN5O3. The number of aromatic nitrogens is 1. The van der Waals surface area contributed by atoms with Crippen molar-refractivity contribution in [2.24, 2.45) is 0 Å². The molecule has 0 saturated carbocycles. The number of pyridine rings is 1. The van der Waals surface area contributed by atoms with E-state index in [-0.39, 0.29) is 30.0 Å². The van der Waals surface area contributed by atoms with E-state index in [1.807, 2.05) is 17.0 Å². The number of fused-ring (bicyclic) bond motifs is 2. The van der Waals surface area contributed by atoms with Gasteiger partial charge < -0.3 is 24.6 Å². The highest BCUT2D eigenvalue weighted by molar-refractivity contribution is 5.87. The lowest BCUT2D eigenvalue weighted by Gasteiger charge is -2.47. The average Bonchev–Trinajstić information content (AvgIpc) is 3.08. The third-order valence-electron chi connectivity index (χ3n) is 7.93. The summed E-state index contributed by atoms with van der Waals surface area (Å²) in [5, 5.41) is 3.38. The second-order valence-electron chi connectivity index (χ2n) is 9.96. The quantitative estimate of drug-likeness (QED) is 0.656. The molecule has 0 atom stereocenters. The number of nitrogens with one attached hydrogen (secondary N) is 1. The second kappa shape index (κ2) is 9.71. The summed E-state index contributed by atoms with van der Waals surface area (Å²) in [7, 11) is 0. The number of carbonyl (C=O) groups excluding carboxylic acids is 1. The topological polar surface area (TPSA) is 70.2 Å². The molecule has 36 heavy (non-hydrogen) atoms. The second-order valence-corrected chi connectivity index (χ2v) is 9.96. The zero-order chi connectivity index (χ0) is 24.6. The maximum Gasteiger partial charge on any atom is 0.246 e. The van der Waals surface area contributed by atoms with Gasteiger partial charge in [0.1, 0.15) is 12.4 Å². The molecule has 9 heteroatoms. The van der Waals surface area contributed by atoms with E-state index in [1.54, 1.807) is 12.3 Å². The van der Waals surface area contributed by atoms with Crippen LogP contribution in [-0.4, -0.2) is 79.2 Å². The van der Waals surface area contributed by atoms with Crippen LogP contribution in [0.2, 0.25) is 0 Å². The fourth-order valence-electron chi connectivity index (χ4n) is 5.79. The number of nitrogens with zero attached hydrogens (tertiary/aromatic N) is 4. The van der Waals surface area contributed by atoms with Crippen molar-refractivity contribution in [2.45, 2.75) is 31.4 Å². The van der Waals surface area contributed by atoms with Crippen LogP contribution in [0.3, 0.4) is 0 Å². The molecule has 0 unspecified atom stereocenters. The van der Waals surface area contributed by atoms with Crippen LogP contribution in [0, 0.1) is 5.82 Å². The third kappa shape index (κ3) is 4.30. The molecule has 5 heterocycles. The van der Waals surface area contributed by atoms with Gasteiger partial charge >= 0.3 is 0 Å². The summed E-state index contributed by atoms with van der Waals surface area (Å²) in [5.41, 5.74) is 3.62. The van der Waals surface area contributed by atoms with Gasteiger partial charge in [-0.2, -0.15) is 0 Å².